The second kappa shape index (κ2) is 8.26. The SMILES string of the molecule is COC(=O)C[C@H]1[C@H](CNC(=O)OC(C)(C)C)C(=O)[C@@H](C)[C@@]12C(=O)Nc1cc(Br)ccc12. The third-order valence-corrected chi connectivity index (χ3v) is 6.57. The molecule has 0 radical (unpaired) electrons. The Labute approximate surface area is 189 Å². The fourth-order valence-corrected chi connectivity index (χ4v) is 5.19. The first kappa shape index (κ1) is 23.2. The Morgan fingerprint density at radius 3 is 2.55 bits per heavy atom. The summed E-state index contributed by atoms with van der Waals surface area (Å²) in [4.78, 5) is 51.1. The zero-order valence-electron chi connectivity index (χ0n) is 18.2. The molecule has 8 nitrogen and oxygen atoms in total. The molecule has 3 rings (SSSR count). The Bertz CT molecular complexity index is 940. The predicted molar refractivity (Wildman–Crippen MR) is 116 cm³/mol. The van der Waals surface area contributed by atoms with Gasteiger partial charge in [-0.2, -0.15) is 0 Å². The maximum absolute atomic E-state index is 13.3. The van der Waals surface area contributed by atoms with E-state index in [-0.39, 0.29) is 24.7 Å². The number of rotatable bonds is 4. The Morgan fingerprint density at radius 1 is 1.26 bits per heavy atom. The van der Waals surface area contributed by atoms with Crippen molar-refractivity contribution in [3.63, 3.8) is 0 Å². The van der Waals surface area contributed by atoms with Crippen molar-refractivity contribution in [3.8, 4) is 0 Å². The molecule has 2 amide bonds. The highest BCUT2D eigenvalue weighted by atomic mass is 79.9. The van der Waals surface area contributed by atoms with Crippen molar-refractivity contribution in [2.75, 3.05) is 19.0 Å². The standard InChI is InChI=1S/C22H27BrN2O6/c1-11-18(27)13(10-24-20(29)31-21(2,3)4)15(9-17(26)30-5)22(11)14-7-6-12(23)8-16(14)25-19(22)28/h6-8,11,13,15H,9-10H2,1-5H3,(H,24,29)(H,25,28)/t11-,13+,15+,22+/m1/s1. The number of halogens is 1. The zero-order chi connectivity index (χ0) is 23.1. The molecule has 0 bridgehead atoms. The van der Waals surface area contributed by atoms with Crippen LogP contribution >= 0.6 is 15.9 Å². The molecule has 1 aromatic rings. The molecule has 1 heterocycles. The first-order valence-electron chi connectivity index (χ1n) is 10.1. The van der Waals surface area contributed by atoms with E-state index in [1.807, 2.05) is 0 Å². The van der Waals surface area contributed by atoms with Crippen LogP contribution in [0.15, 0.2) is 22.7 Å². The molecule has 1 aromatic carbocycles. The molecule has 2 N–H and O–H groups in total. The second-order valence-electron chi connectivity index (χ2n) is 9.01. The van der Waals surface area contributed by atoms with Crippen LogP contribution in [0.5, 0.6) is 0 Å². The zero-order valence-corrected chi connectivity index (χ0v) is 19.8. The first-order chi connectivity index (χ1) is 14.4. The van der Waals surface area contributed by atoms with Gasteiger partial charge in [0.2, 0.25) is 5.91 Å². The highest BCUT2D eigenvalue weighted by Gasteiger charge is 2.66. The van der Waals surface area contributed by atoms with Crippen molar-refractivity contribution in [3.05, 3.63) is 28.2 Å². The summed E-state index contributed by atoms with van der Waals surface area (Å²) < 4.78 is 10.9. The van der Waals surface area contributed by atoms with E-state index in [2.05, 4.69) is 26.6 Å². The number of carbonyl (C=O) groups is 4. The van der Waals surface area contributed by atoms with Crippen LogP contribution in [0, 0.1) is 17.8 Å². The molecule has 2 aliphatic rings. The molecule has 0 aromatic heterocycles. The van der Waals surface area contributed by atoms with E-state index in [0.717, 1.165) is 4.47 Å². The number of ketones is 1. The number of hydrogen-bond donors (Lipinski definition) is 2. The van der Waals surface area contributed by atoms with Crippen LogP contribution < -0.4 is 10.6 Å². The van der Waals surface area contributed by atoms with Crippen LogP contribution in [0.4, 0.5) is 10.5 Å². The molecule has 1 fully saturated rings. The molecule has 1 saturated carbocycles. The van der Waals surface area contributed by atoms with Crippen molar-refractivity contribution in [2.45, 2.75) is 45.1 Å². The quantitative estimate of drug-likeness (QED) is 0.621. The molecule has 0 unspecified atom stereocenters. The van der Waals surface area contributed by atoms with Gasteiger partial charge in [-0.15, -0.1) is 0 Å². The molecule has 1 aliphatic heterocycles. The lowest BCUT2D eigenvalue weighted by molar-refractivity contribution is -0.143. The van der Waals surface area contributed by atoms with Crippen molar-refractivity contribution in [2.24, 2.45) is 17.8 Å². The summed E-state index contributed by atoms with van der Waals surface area (Å²) in [5, 5.41) is 5.51. The van der Waals surface area contributed by atoms with Crippen LogP contribution in [0.2, 0.25) is 0 Å². The lowest BCUT2D eigenvalue weighted by Gasteiger charge is -2.33. The molecule has 31 heavy (non-hydrogen) atoms. The van der Waals surface area contributed by atoms with Gasteiger partial charge in [0, 0.05) is 28.5 Å². The molecular weight excluding hydrogens is 468 g/mol. The van der Waals surface area contributed by atoms with Gasteiger partial charge in [-0.05, 0) is 44.4 Å². The van der Waals surface area contributed by atoms with Gasteiger partial charge >= 0.3 is 12.1 Å². The minimum absolute atomic E-state index is 0.0410. The largest absolute Gasteiger partial charge is 0.469 e. The highest BCUT2D eigenvalue weighted by Crippen LogP contribution is 2.57. The summed E-state index contributed by atoms with van der Waals surface area (Å²) >= 11 is 3.40. The molecule has 4 atom stereocenters. The van der Waals surface area contributed by atoms with E-state index in [4.69, 9.17) is 9.47 Å². The van der Waals surface area contributed by atoms with Crippen molar-refractivity contribution >= 4 is 45.4 Å². The maximum Gasteiger partial charge on any atom is 0.407 e. The van der Waals surface area contributed by atoms with Gasteiger partial charge in [-0.3, -0.25) is 14.4 Å². The van der Waals surface area contributed by atoms with Crippen LogP contribution in [0.1, 0.15) is 39.7 Å². The van der Waals surface area contributed by atoms with Gasteiger partial charge in [-0.25, -0.2) is 4.79 Å². The van der Waals surface area contributed by atoms with Crippen LogP contribution in [-0.2, 0) is 29.3 Å². The monoisotopic (exact) mass is 494 g/mol. The van der Waals surface area contributed by atoms with Crippen LogP contribution in [-0.4, -0.2) is 43.0 Å². The third-order valence-electron chi connectivity index (χ3n) is 6.08. The molecule has 0 saturated heterocycles. The smallest absolute Gasteiger partial charge is 0.407 e. The van der Waals surface area contributed by atoms with Crippen LogP contribution in [0.3, 0.4) is 0 Å². The number of amides is 2. The van der Waals surface area contributed by atoms with E-state index in [0.29, 0.717) is 11.3 Å². The Morgan fingerprint density at radius 2 is 1.94 bits per heavy atom. The van der Waals surface area contributed by atoms with E-state index < -0.39 is 40.8 Å². The molecule has 1 spiro atoms. The molecular formula is C22H27BrN2O6. The fourth-order valence-electron chi connectivity index (χ4n) is 4.83. The summed E-state index contributed by atoms with van der Waals surface area (Å²) in [5.41, 5.74) is -0.631. The Hall–Kier alpha value is -2.42. The van der Waals surface area contributed by atoms with E-state index in [1.54, 1.807) is 45.9 Å². The average molecular weight is 495 g/mol. The lowest BCUT2D eigenvalue weighted by Crippen LogP contribution is -2.46. The minimum atomic E-state index is -1.22. The van der Waals surface area contributed by atoms with Gasteiger partial charge in [0.05, 0.1) is 18.9 Å². The van der Waals surface area contributed by atoms with Gasteiger partial charge in [-0.1, -0.05) is 28.9 Å². The summed E-state index contributed by atoms with van der Waals surface area (Å²) in [6.07, 6.45) is -0.790. The van der Waals surface area contributed by atoms with E-state index in [1.165, 1.54) is 7.11 Å². The second-order valence-corrected chi connectivity index (χ2v) is 9.93. The number of esters is 1. The van der Waals surface area contributed by atoms with Crippen molar-refractivity contribution in [1.82, 2.24) is 5.32 Å². The van der Waals surface area contributed by atoms with E-state index in [9.17, 15) is 19.2 Å². The molecule has 9 heteroatoms. The fraction of sp³-hybridized carbons (Fsp3) is 0.545. The number of fused-ring (bicyclic) bond motifs is 2. The first-order valence-corrected chi connectivity index (χ1v) is 10.9. The number of nitrogens with one attached hydrogen (secondary N) is 2. The van der Waals surface area contributed by atoms with Crippen molar-refractivity contribution in [1.29, 1.82) is 0 Å². The summed E-state index contributed by atoms with van der Waals surface area (Å²) in [6, 6.07) is 5.38. The van der Waals surface area contributed by atoms with Gasteiger partial charge in [0.25, 0.3) is 0 Å². The topological polar surface area (TPSA) is 111 Å². The van der Waals surface area contributed by atoms with Gasteiger partial charge in [0.15, 0.2) is 0 Å². The number of benzene rings is 1. The summed E-state index contributed by atoms with van der Waals surface area (Å²) in [7, 11) is 1.27. The number of carbonyl (C=O) groups excluding carboxylic acids is 4. The Balaban J connectivity index is 2.00. The molecule has 168 valence electrons. The van der Waals surface area contributed by atoms with Gasteiger partial charge < -0.3 is 20.1 Å². The number of alkyl carbamates (subject to hydrolysis) is 1. The highest BCUT2D eigenvalue weighted by molar-refractivity contribution is 9.10. The summed E-state index contributed by atoms with van der Waals surface area (Å²) in [6.45, 7) is 6.88. The number of Topliss-reactive ketones (excluding diaryl/α,β-unsaturated/α-hetero) is 1. The maximum atomic E-state index is 13.3. The number of ether oxygens (including phenoxy) is 2. The van der Waals surface area contributed by atoms with E-state index >= 15 is 0 Å². The van der Waals surface area contributed by atoms with Gasteiger partial charge in [0.1, 0.15) is 11.4 Å². The lowest BCUT2D eigenvalue weighted by atomic mass is 9.66. The third kappa shape index (κ3) is 4.07. The number of hydrogen-bond acceptors (Lipinski definition) is 6. The normalized spacial score (nSPS) is 27.1. The molecule has 1 aliphatic carbocycles. The predicted octanol–water partition coefficient (Wildman–Crippen LogP) is 3.18. The average Bonchev–Trinajstić information content (AvgIpc) is 3.06. The Kier molecular flexibility index (Phi) is 6.19. The van der Waals surface area contributed by atoms with Crippen LogP contribution in [0.25, 0.3) is 0 Å². The number of anilines is 1. The number of methoxy groups -OCH3 is 1. The summed E-state index contributed by atoms with van der Waals surface area (Å²) in [5.74, 6) is -3.14. The van der Waals surface area contributed by atoms with Crippen molar-refractivity contribution < 1.29 is 28.7 Å². The minimum Gasteiger partial charge on any atom is -0.469 e.